The lowest BCUT2D eigenvalue weighted by atomic mass is 9.89. The zero-order chi connectivity index (χ0) is 13.8. The van der Waals surface area contributed by atoms with Crippen LogP contribution in [0, 0.1) is 5.92 Å². The van der Waals surface area contributed by atoms with Gasteiger partial charge in [0.05, 0.1) is 12.2 Å². The lowest BCUT2D eigenvalue weighted by molar-refractivity contribution is -0.122. The smallest absolute Gasteiger partial charge is 0.234 e. The molecule has 1 saturated carbocycles. The first kappa shape index (κ1) is 13.6. The van der Waals surface area contributed by atoms with Gasteiger partial charge in [-0.05, 0) is 18.8 Å². The molecule has 1 fully saturated rings. The molecule has 2 heterocycles. The van der Waals surface area contributed by atoms with Crippen LogP contribution in [0.3, 0.4) is 0 Å². The van der Waals surface area contributed by atoms with Crippen LogP contribution in [0.5, 0.6) is 0 Å². The van der Waals surface area contributed by atoms with Crippen LogP contribution in [-0.4, -0.2) is 35.6 Å². The maximum Gasteiger partial charge on any atom is 0.234 e. The van der Waals surface area contributed by atoms with Gasteiger partial charge in [-0.15, -0.1) is 0 Å². The molecular weight excluding hydrogens is 254 g/mol. The van der Waals surface area contributed by atoms with E-state index in [2.05, 4.69) is 15.4 Å². The average Bonchev–Trinajstić information content (AvgIpc) is 2.94. The largest absolute Gasteiger partial charge is 0.364 e. The number of hydrogen-bond acceptors (Lipinski definition) is 4. The van der Waals surface area contributed by atoms with E-state index >= 15 is 0 Å². The Kier molecular flexibility index (Phi) is 4.35. The molecule has 1 aliphatic heterocycles. The Morgan fingerprint density at radius 3 is 3.10 bits per heavy atom. The molecule has 5 heteroatoms. The lowest BCUT2D eigenvalue weighted by Crippen LogP contribution is -2.41. The third-order valence-electron chi connectivity index (χ3n) is 4.47. The number of hydrogen-bond donors (Lipinski definition) is 1. The van der Waals surface area contributed by atoms with Crippen LogP contribution < -0.4 is 5.32 Å². The molecule has 20 heavy (non-hydrogen) atoms. The maximum atomic E-state index is 12.0. The predicted molar refractivity (Wildman–Crippen MR) is 75.1 cm³/mol. The summed E-state index contributed by atoms with van der Waals surface area (Å²) in [6.45, 7) is 2.99. The molecule has 0 saturated heterocycles. The van der Waals surface area contributed by atoms with Gasteiger partial charge in [-0.1, -0.05) is 24.4 Å². The van der Waals surface area contributed by atoms with Crippen molar-refractivity contribution in [2.45, 2.75) is 45.1 Å². The van der Waals surface area contributed by atoms with Crippen molar-refractivity contribution in [2.75, 3.05) is 19.6 Å². The molecular formula is C15H23N3O2. The van der Waals surface area contributed by atoms with Crippen molar-refractivity contribution in [1.29, 1.82) is 0 Å². The second kappa shape index (κ2) is 6.39. The van der Waals surface area contributed by atoms with Gasteiger partial charge < -0.3 is 9.84 Å². The molecule has 2 aliphatic rings. The highest BCUT2D eigenvalue weighted by atomic mass is 16.5. The summed E-state index contributed by atoms with van der Waals surface area (Å²) in [5.74, 6) is 0.842. The highest BCUT2D eigenvalue weighted by Crippen LogP contribution is 2.22. The monoisotopic (exact) mass is 277 g/mol. The highest BCUT2D eigenvalue weighted by Gasteiger charge is 2.21. The molecule has 0 bridgehead atoms. The Morgan fingerprint density at radius 1 is 1.40 bits per heavy atom. The minimum Gasteiger partial charge on any atom is -0.364 e. The van der Waals surface area contributed by atoms with Gasteiger partial charge in [0.2, 0.25) is 5.91 Å². The Morgan fingerprint density at radius 2 is 2.25 bits per heavy atom. The van der Waals surface area contributed by atoms with E-state index in [9.17, 15) is 4.79 Å². The SMILES string of the molecule is O=C(CN1CCc2nocc2C1)NCC1CCCCC1. The topological polar surface area (TPSA) is 58.4 Å². The number of rotatable bonds is 4. The van der Waals surface area contributed by atoms with E-state index in [1.807, 2.05) is 0 Å². The Hall–Kier alpha value is -1.36. The quantitative estimate of drug-likeness (QED) is 0.910. The van der Waals surface area contributed by atoms with Crippen LogP contribution in [0.2, 0.25) is 0 Å². The second-order valence-corrected chi connectivity index (χ2v) is 6.06. The standard InChI is InChI=1S/C15H23N3O2/c19-15(16-8-12-4-2-1-3-5-12)10-18-7-6-14-13(9-18)11-20-17-14/h11-12H,1-10H2,(H,16,19). The molecule has 0 aromatic carbocycles. The molecule has 0 atom stereocenters. The van der Waals surface area contributed by atoms with Crippen LogP contribution >= 0.6 is 0 Å². The summed E-state index contributed by atoms with van der Waals surface area (Å²) in [5, 5.41) is 7.06. The van der Waals surface area contributed by atoms with Gasteiger partial charge in [0.1, 0.15) is 6.26 Å². The number of aromatic nitrogens is 1. The number of amides is 1. The van der Waals surface area contributed by atoms with Gasteiger partial charge in [0.15, 0.2) is 0 Å². The zero-order valence-electron chi connectivity index (χ0n) is 11.9. The molecule has 5 nitrogen and oxygen atoms in total. The summed E-state index contributed by atoms with van der Waals surface area (Å²) >= 11 is 0. The predicted octanol–water partition coefficient (Wildman–Crippen LogP) is 1.73. The molecule has 110 valence electrons. The van der Waals surface area contributed by atoms with E-state index in [-0.39, 0.29) is 5.91 Å². The molecule has 1 aromatic heterocycles. The number of carbonyl (C=O) groups is 1. The maximum absolute atomic E-state index is 12.0. The van der Waals surface area contributed by atoms with Crippen molar-refractivity contribution in [1.82, 2.24) is 15.4 Å². The van der Waals surface area contributed by atoms with Crippen molar-refractivity contribution < 1.29 is 9.32 Å². The van der Waals surface area contributed by atoms with E-state index in [1.54, 1.807) is 6.26 Å². The molecule has 1 amide bonds. The molecule has 1 aliphatic carbocycles. The molecule has 0 spiro atoms. The molecule has 0 radical (unpaired) electrons. The fourth-order valence-electron chi connectivity index (χ4n) is 3.24. The van der Waals surface area contributed by atoms with Gasteiger partial charge in [0.25, 0.3) is 0 Å². The molecule has 3 rings (SSSR count). The van der Waals surface area contributed by atoms with E-state index in [0.717, 1.165) is 37.3 Å². The van der Waals surface area contributed by atoms with Gasteiger partial charge in [-0.2, -0.15) is 0 Å². The number of nitrogens with one attached hydrogen (secondary N) is 1. The van der Waals surface area contributed by atoms with E-state index in [4.69, 9.17) is 4.52 Å². The molecule has 1 aromatic rings. The fourth-order valence-corrected chi connectivity index (χ4v) is 3.24. The Balaban J connectivity index is 1.41. The normalized spacial score (nSPS) is 20.6. The van der Waals surface area contributed by atoms with Crippen molar-refractivity contribution in [3.05, 3.63) is 17.5 Å². The third kappa shape index (κ3) is 3.39. The summed E-state index contributed by atoms with van der Waals surface area (Å²) < 4.78 is 4.97. The average molecular weight is 277 g/mol. The van der Waals surface area contributed by atoms with E-state index in [1.165, 1.54) is 32.1 Å². The van der Waals surface area contributed by atoms with Crippen molar-refractivity contribution in [3.63, 3.8) is 0 Å². The van der Waals surface area contributed by atoms with Gasteiger partial charge in [0, 0.05) is 31.6 Å². The minimum atomic E-state index is 0.149. The van der Waals surface area contributed by atoms with Crippen molar-refractivity contribution in [3.8, 4) is 0 Å². The summed E-state index contributed by atoms with van der Waals surface area (Å²) in [4.78, 5) is 14.2. The Bertz CT molecular complexity index is 452. The highest BCUT2D eigenvalue weighted by molar-refractivity contribution is 5.78. The lowest BCUT2D eigenvalue weighted by Gasteiger charge is -2.26. The van der Waals surface area contributed by atoms with E-state index in [0.29, 0.717) is 12.5 Å². The van der Waals surface area contributed by atoms with Crippen LogP contribution in [0.15, 0.2) is 10.8 Å². The molecule has 0 unspecified atom stereocenters. The van der Waals surface area contributed by atoms with Crippen LogP contribution in [0.25, 0.3) is 0 Å². The van der Waals surface area contributed by atoms with Gasteiger partial charge in [-0.3, -0.25) is 9.69 Å². The van der Waals surface area contributed by atoms with Crippen LogP contribution in [-0.2, 0) is 17.8 Å². The molecule has 1 N–H and O–H groups in total. The second-order valence-electron chi connectivity index (χ2n) is 6.06. The van der Waals surface area contributed by atoms with Crippen molar-refractivity contribution in [2.24, 2.45) is 5.92 Å². The first-order valence-corrected chi connectivity index (χ1v) is 7.72. The third-order valence-corrected chi connectivity index (χ3v) is 4.47. The summed E-state index contributed by atoms with van der Waals surface area (Å²) in [5.41, 5.74) is 2.17. The minimum absolute atomic E-state index is 0.149. The van der Waals surface area contributed by atoms with Crippen LogP contribution in [0.4, 0.5) is 0 Å². The van der Waals surface area contributed by atoms with Crippen molar-refractivity contribution >= 4 is 5.91 Å². The zero-order valence-corrected chi connectivity index (χ0v) is 11.9. The first-order chi connectivity index (χ1) is 9.81. The van der Waals surface area contributed by atoms with E-state index < -0.39 is 0 Å². The number of nitrogens with zero attached hydrogens (tertiary/aromatic N) is 2. The van der Waals surface area contributed by atoms with Crippen LogP contribution in [0.1, 0.15) is 43.4 Å². The fraction of sp³-hybridized carbons (Fsp3) is 0.733. The van der Waals surface area contributed by atoms with Gasteiger partial charge in [-0.25, -0.2) is 0 Å². The number of fused-ring (bicyclic) bond motifs is 1. The first-order valence-electron chi connectivity index (χ1n) is 7.72. The number of carbonyl (C=O) groups excluding carboxylic acids is 1. The van der Waals surface area contributed by atoms with Gasteiger partial charge >= 0.3 is 0 Å². The summed E-state index contributed by atoms with van der Waals surface area (Å²) in [6.07, 6.45) is 9.12. The Labute approximate surface area is 119 Å². The summed E-state index contributed by atoms with van der Waals surface area (Å²) in [7, 11) is 0. The summed E-state index contributed by atoms with van der Waals surface area (Å²) in [6, 6.07) is 0.